The van der Waals surface area contributed by atoms with Gasteiger partial charge in [-0.15, -0.1) is 11.3 Å². The van der Waals surface area contributed by atoms with Gasteiger partial charge in [-0.05, 0) is 26.3 Å². The Morgan fingerprint density at radius 1 is 1.68 bits per heavy atom. The molecule has 2 unspecified atom stereocenters. The lowest BCUT2D eigenvalue weighted by Gasteiger charge is -2.37. The van der Waals surface area contributed by atoms with E-state index in [9.17, 15) is 4.79 Å². The molecule has 0 aliphatic carbocycles. The molecule has 0 saturated carbocycles. The zero-order chi connectivity index (χ0) is 13.8. The Morgan fingerprint density at radius 3 is 3.16 bits per heavy atom. The van der Waals surface area contributed by atoms with Crippen molar-refractivity contribution in [1.29, 1.82) is 0 Å². The lowest BCUT2D eigenvalue weighted by atomic mass is 9.97. The average molecular weight is 282 g/mol. The van der Waals surface area contributed by atoms with E-state index in [0.29, 0.717) is 11.2 Å². The second-order valence-electron chi connectivity index (χ2n) is 5.22. The van der Waals surface area contributed by atoms with Crippen LogP contribution in [0.2, 0.25) is 0 Å². The number of rotatable bonds is 4. The van der Waals surface area contributed by atoms with Crippen LogP contribution in [0.25, 0.3) is 0 Å². The van der Waals surface area contributed by atoms with Crippen molar-refractivity contribution in [3.05, 3.63) is 11.1 Å². The fraction of sp³-hybridized carbons (Fsp3) is 0.692. The van der Waals surface area contributed by atoms with Gasteiger partial charge in [-0.2, -0.15) is 0 Å². The second-order valence-corrected chi connectivity index (χ2v) is 6.08. The summed E-state index contributed by atoms with van der Waals surface area (Å²) in [7, 11) is 0. The van der Waals surface area contributed by atoms with Crippen LogP contribution in [0.1, 0.15) is 38.8 Å². The molecule has 1 fully saturated rings. The van der Waals surface area contributed by atoms with Crippen LogP contribution in [0.3, 0.4) is 0 Å². The molecule has 2 heterocycles. The number of carbonyl (C=O) groups excluding carboxylic acids is 1. The molecule has 1 saturated heterocycles. The van der Waals surface area contributed by atoms with Gasteiger partial charge in [-0.3, -0.25) is 9.69 Å². The van der Waals surface area contributed by atoms with Gasteiger partial charge >= 0.3 is 0 Å². The fourth-order valence-corrected chi connectivity index (χ4v) is 3.35. The zero-order valence-electron chi connectivity index (χ0n) is 11.6. The van der Waals surface area contributed by atoms with Crippen molar-refractivity contribution in [3.63, 3.8) is 0 Å². The Bertz CT molecular complexity index is 432. The molecule has 3 N–H and O–H groups in total. The molecule has 1 aliphatic rings. The second kappa shape index (κ2) is 6.45. The minimum Gasteiger partial charge on any atom is -0.327 e. The highest BCUT2D eigenvalue weighted by Crippen LogP contribution is 2.23. The molecule has 0 bridgehead atoms. The van der Waals surface area contributed by atoms with Crippen molar-refractivity contribution in [2.75, 3.05) is 11.9 Å². The number of nitrogens with two attached hydrogens (primary N) is 1. The summed E-state index contributed by atoms with van der Waals surface area (Å²) in [6.07, 6.45) is 3.66. The highest BCUT2D eigenvalue weighted by atomic mass is 32.1. The van der Waals surface area contributed by atoms with Crippen LogP contribution in [-0.4, -0.2) is 34.4 Å². The van der Waals surface area contributed by atoms with Crippen molar-refractivity contribution in [3.8, 4) is 0 Å². The molecule has 19 heavy (non-hydrogen) atoms. The first-order valence-corrected chi connectivity index (χ1v) is 7.66. The number of nitrogens with zero attached hydrogens (tertiary/aromatic N) is 2. The molecule has 6 heteroatoms. The molecular formula is C13H22N4OS. The number of thiazole rings is 1. The Morgan fingerprint density at radius 2 is 2.47 bits per heavy atom. The largest absolute Gasteiger partial charge is 0.327 e. The number of amides is 1. The summed E-state index contributed by atoms with van der Waals surface area (Å²) in [6.45, 7) is 5.48. The number of hydrogen-bond acceptors (Lipinski definition) is 5. The van der Waals surface area contributed by atoms with Gasteiger partial charge in [0.2, 0.25) is 5.91 Å². The summed E-state index contributed by atoms with van der Waals surface area (Å²) in [5.74, 6) is -0.0765. The first-order valence-electron chi connectivity index (χ1n) is 6.78. The average Bonchev–Trinajstić information content (AvgIpc) is 2.76. The van der Waals surface area contributed by atoms with Crippen molar-refractivity contribution in [2.45, 2.75) is 51.7 Å². The van der Waals surface area contributed by atoms with Gasteiger partial charge < -0.3 is 11.1 Å². The van der Waals surface area contributed by atoms with Crippen LogP contribution < -0.4 is 11.1 Å². The van der Waals surface area contributed by atoms with E-state index in [1.165, 1.54) is 37.5 Å². The molecule has 1 aliphatic heterocycles. The summed E-state index contributed by atoms with van der Waals surface area (Å²) in [6, 6.07) is 0.633. The monoisotopic (exact) mass is 282 g/mol. The van der Waals surface area contributed by atoms with Gasteiger partial charge in [-0.25, -0.2) is 4.98 Å². The fourth-order valence-electron chi connectivity index (χ4n) is 2.60. The van der Waals surface area contributed by atoms with Crippen LogP contribution in [0.5, 0.6) is 0 Å². The number of piperidine rings is 1. The van der Waals surface area contributed by atoms with Gasteiger partial charge in [0.25, 0.3) is 0 Å². The van der Waals surface area contributed by atoms with Gasteiger partial charge in [0, 0.05) is 30.9 Å². The molecule has 0 aromatic carbocycles. The molecule has 2 atom stereocenters. The molecule has 0 radical (unpaired) electrons. The van der Waals surface area contributed by atoms with E-state index in [0.717, 1.165) is 18.8 Å². The number of aromatic nitrogens is 1. The third-order valence-corrected chi connectivity index (χ3v) is 4.28. The SMILES string of the molecule is CC(=O)Nc1nc(CN2CCCCC2C(C)N)cs1. The summed E-state index contributed by atoms with van der Waals surface area (Å²) < 4.78 is 0. The molecule has 1 amide bonds. The predicted molar refractivity (Wildman–Crippen MR) is 78.1 cm³/mol. The van der Waals surface area contributed by atoms with Crippen molar-refractivity contribution in [1.82, 2.24) is 9.88 Å². The lowest BCUT2D eigenvalue weighted by Crippen LogP contribution is -2.48. The maximum atomic E-state index is 11.0. The highest BCUT2D eigenvalue weighted by molar-refractivity contribution is 7.13. The van der Waals surface area contributed by atoms with E-state index in [2.05, 4.69) is 22.1 Å². The van der Waals surface area contributed by atoms with Crippen LogP contribution in [0.4, 0.5) is 5.13 Å². The number of hydrogen-bond donors (Lipinski definition) is 2. The highest BCUT2D eigenvalue weighted by Gasteiger charge is 2.25. The maximum Gasteiger partial charge on any atom is 0.223 e. The van der Waals surface area contributed by atoms with E-state index >= 15 is 0 Å². The smallest absolute Gasteiger partial charge is 0.223 e. The van der Waals surface area contributed by atoms with E-state index in [-0.39, 0.29) is 11.9 Å². The quantitative estimate of drug-likeness (QED) is 0.883. The third-order valence-electron chi connectivity index (χ3n) is 3.47. The number of nitrogens with one attached hydrogen (secondary N) is 1. The van der Waals surface area contributed by atoms with Gasteiger partial charge in [0.05, 0.1) is 5.69 Å². The minimum atomic E-state index is -0.0765. The maximum absolute atomic E-state index is 11.0. The summed E-state index contributed by atoms with van der Waals surface area (Å²) in [4.78, 5) is 17.8. The van der Waals surface area contributed by atoms with Crippen LogP contribution in [0, 0.1) is 0 Å². The minimum absolute atomic E-state index is 0.0765. The van der Waals surface area contributed by atoms with E-state index in [1.807, 2.05) is 5.38 Å². The van der Waals surface area contributed by atoms with Crippen molar-refractivity contribution < 1.29 is 4.79 Å². The van der Waals surface area contributed by atoms with Crippen molar-refractivity contribution >= 4 is 22.4 Å². The normalized spacial score (nSPS) is 22.2. The van der Waals surface area contributed by atoms with Crippen molar-refractivity contribution in [2.24, 2.45) is 5.73 Å². The first kappa shape index (κ1) is 14.4. The third kappa shape index (κ3) is 3.99. The Hall–Kier alpha value is -0.980. The summed E-state index contributed by atoms with van der Waals surface area (Å²) in [5.41, 5.74) is 7.08. The Kier molecular flexibility index (Phi) is 4.90. The topological polar surface area (TPSA) is 71.2 Å². The summed E-state index contributed by atoms with van der Waals surface area (Å²) in [5, 5.41) is 5.41. The number of carbonyl (C=O) groups is 1. The number of likely N-dealkylation sites (tertiary alicyclic amines) is 1. The molecule has 1 aromatic rings. The Labute approximate surface area is 118 Å². The molecular weight excluding hydrogens is 260 g/mol. The predicted octanol–water partition coefficient (Wildman–Crippen LogP) is 1.80. The van der Waals surface area contributed by atoms with Crippen LogP contribution in [0.15, 0.2) is 5.38 Å². The van der Waals surface area contributed by atoms with E-state index < -0.39 is 0 Å². The van der Waals surface area contributed by atoms with Gasteiger partial charge in [-0.1, -0.05) is 6.42 Å². The zero-order valence-corrected chi connectivity index (χ0v) is 12.4. The number of anilines is 1. The first-order chi connectivity index (χ1) is 9.06. The molecule has 5 nitrogen and oxygen atoms in total. The molecule has 0 spiro atoms. The molecule has 2 rings (SSSR count). The lowest BCUT2D eigenvalue weighted by molar-refractivity contribution is -0.114. The van der Waals surface area contributed by atoms with E-state index in [1.54, 1.807) is 0 Å². The molecule has 1 aromatic heterocycles. The van der Waals surface area contributed by atoms with Crippen LogP contribution >= 0.6 is 11.3 Å². The van der Waals surface area contributed by atoms with Crippen LogP contribution in [-0.2, 0) is 11.3 Å². The summed E-state index contributed by atoms with van der Waals surface area (Å²) >= 11 is 1.48. The standard InChI is InChI=1S/C13H22N4OS/c1-9(14)12-5-3-4-6-17(12)7-11-8-19-13(16-11)15-10(2)18/h8-9,12H,3-7,14H2,1-2H3,(H,15,16,18). The van der Waals surface area contributed by atoms with Gasteiger partial charge in [0.15, 0.2) is 5.13 Å². The molecule has 106 valence electrons. The van der Waals surface area contributed by atoms with E-state index in [4.69, 9.17) is 5.73 Å². The van der Waals surface area contributed by atoms with Gasteiger partial charge in [0.1, 0.15) is 0 Å². The Balaban J connectivity index is 1.98.